The van der Waals surface area contributed by atoms with Gasteiger partial charge >= 0.3 is 0 Å². The van der Waals surface area contributed by atoms with E-state index in [1.54, 1.807) is 22.7 Å². The third kappa shape index (κ3) is 3.28. The van der Waals surface area contributed by atoms with Crippen molar-refractivity contribution in [1.82, 2.24) is 4.98 Å². The fourth-order valence-corrected chi connectivity index (χ4v) is 4.22. The standard InChI is InChI=1S/C16H15ClN2S2/c1-10-5-6-12(11(2)18-10)19-16(13-4-3-9-20-13)14-7-8-15(17)21-14/h3-9,16,19H,1-2H3. The Kier molecular flexibility index (Phi) is 4.29. The number of pyridine rings is 1. The lowest BCUT2D eigenvalue weighted by atomic mass is 10.1. The summed E-state index contributed by atoms with van der Waals surface area (Å²) in [5.74, 6) is 0. The molecule has 0 aromatic carbocycles. The molecule has 21 heavy (non-hydrogen) atoms. The summed E-state index contributed by atoms with van der Waals surface area (Å²) in [7, 11) is 0. The number of hydrogen-bond donors (Lipinski definition) is 1. The van der Waals surface area contributed by atoms with E-state index < -0.39 is 0 Å². The van der Waals surface area contributed by atoms with E-state index in [0.29, 0.717) is 0 Å². The summed E-state index contributed by atoms with van der Waals surface area (Å²) in [6, 6.07) is 12.5. The molecule has 1 N–H and O–H groups in total. The first-order valence-electron chi connectivity index (χ1n) is 6.63. The van der Waals surface area contributed by atoms with Gasteiger partial charge in [0.25, 0.3) is 0 Å². The highest BCUT2D eigenvalue weighted by molar-refractivity contribution is 7.16. The summed E-state index contributed by atoms with van der Waals surface area (Å²) < 4.78 is 0.812. The highest BCUT2D eigenvalue weighted by atomic mass is 35.5. The van der Waals surface area contributed by atoms with Gasteiger partial charge in [0.1, 0.15) is 0 Å². The number of aromatic nitrogens is 1. The number of halogens is 1. The van der Waals surface area contributed by atoms with Crippen LogP contribution in [0.2, 0.25) is 4.34 Å². The molecule has 0 aliphatic carbocycles. The fourth-order valence-electron chi connectivity index (χ4n) is 2.22. The van der Waals surface area contributed by atoms with Crippen molar-refractivity contribution in [2.75, 3.05) is 5.32 Å². The van der Waals surface area contributed by atoms with Gasteiger partial charge in [0.05, 0.1) is 21.8 Å². The quantitative estimate of drug-likeness (QED) is 0.664. The highest BCUT2D eigenvalue weighted by Gasteiger charge is 2.18. The van der Waals surface area contributed by atoms with Crippen LogP contribution in [0, 0.1) is 13.8 Å². The summed E-state index contributed by atoms with van der Waals surface area (Å²) in [5.41, 5.74) is 3.10. The molecule has 0 fully saturated rings. The van der Waals surface area contributed by atoms with Crippen molar-refractivity contribution in [1.29, 1.82) is 0 Å². The zero-order valence-corrected chi connectivity index (χ0v) is 14.1. The Morgan fingerprint density at radius 3 is 2.57 bits per heavy atom. The van der Waals surface area contributed by atoms with Gasteiger partial charge in [-0.3, -0.25) is 4.98 Å². The molecule has 108 valence electrons. The van der Waals surface area contributed by atoms with Crippen molar-refractivity contribution in [3.05, 3.63) is 67.3 Å². The molecule has 0 amide bonds. The number of anilines is 1. The van der Waals surface area contributed by atoms with Crippen LogP contribution in [0.4, 0.5) is 5.69 Å². The molecular formula is C16H15ClN2S2. The van der Waals surface area contributed by atoms with E-state index >= 15 is 0 Å². The Bertz CT molecular complexity index is 735. The molecule has 0 aliphatic heterocycles. The van der Waals surface area contributed by atoms with Gasteiger partial charge in [0.15, 0.2) is 0 Å². The Balaban J connectivity index is 1.96. The summed E-state index contributed by atoms with van der Waals surface area (Å²) in [6.45, 7) is 4.04. The van der Waals surface area contributed by atoms with Gasteiger partial charge < -0.3 is 5.32 Å². The first kappa shape index (κ1) is 14.6. The number of thiophene rings is 2. The largest absolute Gasteiger partial charge is 0.371 e. The Morgan fingerprint density at radius 1 is 1.10 bits per heavy atom. The second kappa shape index (κ2) is 6.18. The number of nitrogens with one attached hydrogen (secondary N) is 1. The first-order valence-corrected chi connectivity index (χ1v) is 8.70. The van der Waals surface area contributed by atoms with Crippen LogP contribution in [0.25, 0.3) is 0 Å². The van der Waals surface area contributed by atoms with E-state index in [1.807, 2.05) is 26.0 Å². The topological polar surface area (TPSA) is 24.9 Å². The third-order valence-electron chi connectivity index (χ3n) is 3.23. The molecule has 0 bridgehead atoms. The van der Waals surface area contributed by atoms with E-state index in [-0.39, 0.29) is 6.04 Å². The maximum atomic E-state index is 6.10. The maximum Gasteiger partial charge on any atom is 0.0954 e. The number of hydrogen-bond acceptors (Lipinski definition) is 4. The Labute approximate surface area is 137 Å². The summed E-state index contributed by atoms with van der Waals surface area (Å²) >= 11 is 9.46. The molecule has 3 rings (SSSR count). The molecule has 1 unspecified atom stereocenters. The predicted molar refractivity (Wildman–Crippen MR) is 92.8 cm³/mol. The van der Waals surface area contributed by atoms with Gasteiger partial charge in [0, 0.05) is 15.4 Å². The summed E-state index contributed by atoms with van der Waals surface area (Å²) in [6.07, 6.45) is 0. The SMILES string of the molecule is Cc1ccc(NC(c2cccs2)c2ccc(Cl)s2)c(C)n1. The van der Waals surface area contributed by atoms with Crippen LogP contribution in [-0.4, -0.2) is 4.98 Å². The Hall–Kier alpha value is -1.36. The van der Waals surface area contributed by atoms with Crippen LogP contribution in [0.15, 0.2) is 41.8 Å². The molecular weight excluding hydrogens is 320 g/mol. The number of nitrogens with zero attached hydrogens (tertiary/aromatic N) is 1. The highest BCUT2D eigenvalue weighted by Crippen LogP contribution is 2.35. The van der Waals surface area contributed by atoms with Crippen molar-refractivity contribution in [3.8, 4) is 0 Å². The monoisotopic (exact) mass is 334 g/mol. The Morgan fingerprint density at radius 2 is 1.95 bits per heavy atom. The van der Waals surface area contributed by atoms with Gasteiger partial charge in [-0.25, -0.2) is 0 Å². The van der Waals surface area contributed by atoms with Gasteiger partial charge in [-0.15, -0.1) is 22.7 Å². The maximum absolute atomic E-state index is 6.10. The summed E-state index contributed by atoms with van der Waals surface area (Å²) in [4.78, 5) is 7.01. The minimum atomic E-state index is 0.116. The van der Waals surface area contributed by atoms with Gasteiger partial charge in [-0.1, -0.05) is 17.7 Å². The van der Waals surface area contributed by atoms with E-state index in [9.17, 15) is 0 Å². The van der Waals surface area contributed by atoms with Crippen LogP contribution in [0.5, 0.6) is 0 Å². The third-order valence-corrected chi connectivity index (χ3v) is 5.46. The predicted octanol–water partition coefficient (Wildman–Crippen LogP) is 5.68. The van der Waals surface area contributed by atoms with Gasteiger partial charge in [0.2, 0.25) is 0 Å². The van der Waals surface area contributed by atoms with Crippen molar-refractivity contribution in [2.45, 2.75) is 19.9 Å². The molecule has 0 saturated carbocycles. The van der Waals surface area contributed by atoms with Gasteiger partial charge in [-0.05, 0) is 49.6 Å². The van der Waals surface area contributed by atoms with Gasteiger partial charge in [-0.2, -0.15) is 0 Å². The first-order chi connectivity index (χ1) is 10.1. The zero-order chi connectivity index (χ0) is 14.8. The minimum absolute atomic E-state index is 0.116. The number of rotatable bonds is 4. The van der Waals surface area contributed by atoms with Crippen LogP contribution < -0.4 is 5.32 Å². The van der Waals surface area contributed by atoms with Crippen LogP contribution in [-0.2, 0) is 0 Å². The fraction of sp³-hybridized carbons (Fsp3) is 0.188. The average molecular weight is 335 g/mol. The van der Waals surface area contributed by atoms with Crippen molar-refractivity contribution >= 4 is 40.0 Å². The second-order valence-corrected chi connectivity index (χ2v) is 7.55. The lowest BCUT2D eigenvalue weighted by Crippen LogP contribution is -2.11. The molecule has 3 aromatic heterocycles. The second-order valence-electron chi connectivity index (χ2n) is 4.82. The summed E-state index contributed by atoms with van der Waals surface area (Å²) in [5, 5.41) is 5.70. The molecule has 3 aromatic rings. The normalized spacial score (nSPS) is 12.3. The van der Waals surface area contributed by atoms with Crippen molar-refractivity contribution < 1.29 is 0 Å². The molecule has 0 radical (unpaired) electrons. The molecule has 2 nitrogen and oxygen atoms in total. The molecule has 0 spiro atoms. The molecule has 3 heterocycles. The van der Waals surface area contributed by atoms with E-state index in [0.717, 1.165) is 21.4 Å². The molecule has 5 heteroatoms. The van der Waals surface area contributed by atoms with E-state index in [4.69, 9.17) is 11.6 Å². The van der Waals surface area contributed by atoms with Crippen molar-refractivity contribution in [2.24, 2.45) is 0 Å². The lowest BCUT2D eigenvalue weighted by Gasteiger charge is -2.19. The van der Waals surface area contributed by atoms with Crippen LogP contribution in [0.3, 0.4) is 0 Å². The van der Waals surface area contributed by atoms with Crippen LogP contribution in [0.1, 0.15) is 27.2 Å². The van der Waals surface area contributed by atoms with E-state index in [2.05, 4.69) is 39.9 Å². The average Bonchev–Trinajstić information content (AvgIpc) is 3.09. The zero-order valence-electron chi connectivity index (χ0n) is 11.8. The van der Waals surface area contributed by atoms with Crippen LogP contribution >= 0.6 is 34.3 Å². The number of aryl methyl sites for hydroxylation is 2. The lowest BCUT2D eigenvalue weighted by molar-refractivity contribution is 0.976. The minimum Gasteiger partial charge on any atom is -0.371 e. The molecule has 1 atom stereocenters. The molecule has 0 saturated heterocycles. The molecule has 0 aliphatic rings. The smallest absolute Gasteiger partial charge is 0.0954 e. The van der Waals surface area contributed by atoms with Crippen molar-refractivity contribution in [3.63, 3.8) is 0 Å². The van der Waals surface area contributed by atoms with E-state index in [1.165, 1.54) is 9.75 Å².